The summed E-state index contributed by atoms with van der Waals surface area (Å²) in [6.07, 6.45) is 1.97. The Morgan fingerprint density at radius 2 is 1.88 bits per heavy atom. The summed E-state index contributed by atoms with van der Waals surface area (Å²) in [5.41, 5.74) is 3.16. The van der Waals surface area contributed by atoms with E-state index in [0.29, 0.717) is 17.7 Å². The Hall–Kier alpha value is -3.26. The van der Waals surface area contributed by atoms with Gasteiger partial charge in [-0.15, -0.1) is 10.2 Å². The van der Waals surface area contributed by atoms with Gasteiger partial charge in [0, 0.05) is 30.6 Å². The van der Waals surface area contributed by atoms with Crippen LogP contribution in [0.2, 0.25) is 0 Å². The molecule has 1 aliphatic rings. The lowest BCUT2D eigenvalue weighted by atomic mass is 9.97. The van der Waals surface area contributed by atoms with Gasteiger partial charge in [-0.1, -0.05) is 53.8 Å². The number of para-hydroxylation sites is 2. The summed E-state index contributed by atoms with van der Waals surface area (Å²) >= 11 is 1.39. The van der Waals surface area contributed by atoms with Crippen molar-refractivity contribution in [1.82, 2.24) is 24.6 Å². The van der Waals surface area contributed by atoms with Crippen molar-refractivity contribution in [3.8, 4) is 10.6 Å². The molecule has 0 unspecified atom stereocenters. The van der Waals surface area contributed by atoms with Crippen LogP contribution in [-0.2, 0) is 0 Å². The van der Waals surface area contributed by atoms with E-state index in [1.165, 1.54) is 11.3 Å². The fourth-order valence-electron chi connectivity index (χ4n) is 4.41. The molecule has 7 nitrogen and oxygen atoms in total. The second kappa shape index (κ2) is 8.70. The van der Waals surface area contributed by atoms with Gasteiger partial charge < -0.3 is 9.47 Å². The average Bonchev–Trinajstić information content (AvgIpc) is 3.44. The second-order valence-electron chi connectivity index (χ2n) is 8.42. The molecule has 2 aromatic heterocycles. The molecule has 164 valence electrons. The van der Waals surface area contributed by atoms with E-state index >= 15 is 0 Å². The Morgan fingerprint density at radius 3 is 2.69 bits per heavy atom. The quantitative estimate of drug-likeness (QED) is 0.446. The zero-order valence-electron chi connectivity index (χ0n) is 18.2. The van der Waals surface area contributed by atoms with Crippen molar-refractivity contribution < 1.29 is 4.79 Å². The minimum atomic E-state index is -0.127. The number of fused-ring (bicyclic) bond motifs is 1. The molecule has 1 saturated heterocycles. The highest BCUT2D eigenvalue weighted by Crippen LogP contribution is 2.32. The van der Waals surface area contributed by atoms with Gasteiger partial charge >= 0.3 is 6.03 Å². The molecule has 1 aliphatic heterocycles. The molecular weight excluding hydrogens is 420 g/mol. The van der Waals surface area contributed by atoms with Crippen molar-refractivity contribution in [2.45, 2.75) is 38.6 Å². The Labute approximate surface area is 191 Å². The van der Waals surface area contributed by atoms with Crippen LogP contribution >= 0.6 is 11.3 Å². The standard InChI is InChI=1S/C24H26N6OS/c1-16(2)30-20-13-7-6-12-19(20)25-21(30)18-11-8-14-29(15-18)24(31)26-23-28-27-22(32-23)17-9-4-3-5-10-17/h3-7,9-10,12-13,16,18H,8,11,14-15H2,1-2H3,(H,26,28,31)/t18-/m0/s1. The number of hydrogen-bond donors (Lipinski definition) is 1. The summed E-state index contributed by atoms with van der Waals surface area (Å²) in [6.45, 7) is 5.75. The van der Waals surface area contributed by atoms with E-state index in [1.807, 2.05) is 41.3 Å². The Bertz CT molecular complexity index is 1230. The van der Waals surface area contributed by atoms with E-state index in [-0.39, 0.29) is 11.9 Å². The number of rotatable bonds is 4. The van der Waals surface area contributed by atoms with Gasteiger partial charge in [-0.25, -0.2) is 9.78 Å². The van der Waals surface area contributed by atoms with E-state index in [2.05, 4.69) is 52.1 Å². The molecule has 0 bridgehead atoms. The van der Waals surface area contributed by atoms with E-state index in [4.69, 9.17) is 4.98 Å². The van der Waals surface area contributed by atoms with Gasteiger partial charge in [0.1, 0.15) is 10.8 Å². The third kappa shape index (κ3) is 3.98. The lowest BCUT2D eigenvalue weighted by Crippen LogP contribution is -2.42. The van der Waals surface area contributed by atoms with Crippen molar-refractivity contribution in [2.24, 2.45) is 0 Å². The molecule has 3 heterocycles. The molecule has 1 N–H and O–H groups in total. The Morgan fingerprint density at radius 1 is 1.09 bits per heavy atom. The third-order valence-electron chi connectivity index (χ3n) is 5.87. The van der Waals surface area contributed by atoms with Crippen LogP contribution in [0.25, 0.3) is 21.6 Å². The van der Waals surface area contributed by atoms with Gasteiger partial charge in [0.05, 0.1) is 11.0 Å². The third-order valence-corrected chi connectivity index (χ3v) is 6.76. The number of likely N-dealkylation sites (tertiary alicyclic amines) is 1. The fourth-order valence-corrected chi connectivity index (χ4v) is 5.15. The van der Waals surface area contributed by atoms with Crippen molar-refractivity contribution in [2.75, 3.05) is 18.4 Å². The molecule has 1 atom stereocenters. The minimum Gasteiger partial charge on any atom is -0.325 e. The molecule has 2 amide bonds. The summed E-state index contributed by atoms with van der Waals surface area (Å²) in [5, 5.41) is 12.6. The van der Waals surface area contributed by atoms with Crippen molar-refractivity contribution in [1.29, 1.82) is 0 Å². The number of carbonyl (C=O) groups excluding carboxylic acids is 1. The molecular formula is C24H26N6OS. The van der Waals surface area contributed by atoms with E-state index in [0.717, 1.165) is 46.8 Å². The monoisotopic (exact) mass is 446 g/mol. The predicted octanol–water partition coefficient (Wildman–Crippen LogP) is 5.55. The Kier molecular flexibility index (Phi) is 5.61. The zero-order valence-corrected chi connectivity index (χ0v) is 19.0. The van der Waals surface area contributed by atoms with Crippen LogP contribution in [0.15, 0.2) is 54.6 Å². The van der Waals surface area contributed by atoms with Crippen molar-refractivity contribution in [3.05, 3.63) is 60.4 Å². The lowest BCUT2D eigenvalue weighted by molar-refractivity contribution is 0.190. The molecule has 2 aromatic carbocycles. The zero-order chi connectivity index (χ0) is 22.1. The number of imidazole rings is 1. The average molecular weight is 447 g/mol. The van der Waals surface area contributed by atoms with Gasteiger partial charge in [0.2, 0.25) is 5.13 Å². The van der Waals surface area contributed by atoms with E-state index in [1.54, 1.807) is 0 Å². The number of amides is 2. The molecule has 4 aromatic rings. The number of anilines is 1. The predicted molar refractivity (Wildman–Crippen MR) is 128 cm³/mol. The maximum Gasteiger partial charge on any atom is 0.323 e. The van der Waals surface area contributed by atoms with Gasteiger partial charge in [-0.05, 0) is 38.8 Å². The van der Waals surface area contributed by atoms with Crippen LogP contribution in [-0.4, -0.2) is 43.8 Å². The fraction of sp³-hybridized carbons (Fsp3) is 0.333. The normalized spacial score (nSPS) is 16.6. The smallest absolute Gasteiger partial charge is 0.323 e. The highest BCUT2D eigenvalue weighted by molar-refractivity contribution is 7.18. The molecule has 0 spiro atoms. The topological polar surface area (TPSA) is 75.9 Å². The molecule has 8 heteroatoms. The summed E-state index contributed by atoms with van der Waals surface area (Å²) in [6, 6.07) is 18.3. The lowest BCUT2D eigenvalue weighted by Gasteiger charge is -2.32. The number of carbonyl (C=O) groups is 1. The van der Waals surface area contributed by atoms with Crippen LogP contribution in [0.1, 0.15) is 44.5 Å². The van der Waals surface area contributed by atoms with Gasteiger partial charge in [0.25, 0.3) is 0 Å². The van der Waals surface area contributed by atoms with Crippen molar-refractivity contribution in [3.63, 3.8) is 0 Å². The van der Waals surface area contributed by atoms with Gasteiger partial charge in [-0.3, -0.25) is 5.32 Å². The summed E-state index contributed by atoms with van der Waals surface area (Å²) in [5.74, 6) is 1.28. The summed E-state index contributed by atoms with van der Waals surface area (Å²) in [4.78, 5) is 19.8. The molecule has 1 fully saturated rings. The number of hydrogen-bond acceptors (Lipinski definition) is 5. The minimum absolute atomic E-state index is 0.127. The van der Waals surface area contributed by atoms with Crippen LogP contribution < -0.4 is 5.32 Å². The van der Waals surface area contributed by atoms with Gasteiger partial charge in [-0.2, -0.15) is 0 Å². The molecule has 0 radical (unpaired) electrons. The number of urea groups is 1. The maximum atomic E-state index is 13.0. The van der Waals surface area contributed by atoms with E-state index in [9.17, 15) is 4.79 Å². The number of benzene rings is 2. The SMILES string of the molecule is CC(C)n1c([C@H]2CCCN(C(=O)Nc3nnc(-c4ccccc4)s3)C2)nc2ccccc21. The van der Waals surface area contributed by atoms with Crippen molar-refractivity contribution >= 4 is 33.5 Å². The van der Waals surface area contributed by atoms with Crippen LogP contribution in [0.3, 0.4) is 0 Å². The first-order valence-electron chi connectivity index (χ1n) is 11.0. The molecule has 5 rings (SSSR count). The maximum absolute atomic E-state index is 13.0. The first-order chi connectivity index (χ1) is 15.6. The van der Waals surface area contributed by atoms with Gasteiger partial charge in [0.15, 0.2) is 0 Å². The highest BCUT2D eigenvalue weighted by atomic mass is 32.1. The Balaban J connectivity index is 1.33. The van der Waals surface area contributed by atoms with Crippen LogP contribution in [0.4, 0.5) is 9.93 Å². The number of aromatic nitrogens is 4. The molecule has 0 aliphatic carbocycles. The highest BCUT2D eigenvalue weighted by Gasteiger charge is 2.29. The van der Waals surface area contributed by atoms with Crippen LogP contribution in [0, 0.1) is 0 Å². The summed E-state index contributed by atoms with van der Waals surface area (Å²) in [7, 11) is 0. The largest absolute Gasteiger partial charge is 0.325 e. The second-order valence-corrected chi connectivity index (χ2v) is 9.39. The first kappa shape index (κ1) is 20.6. The number of piperidine rings is 1. The number of nitrogens with one attached hydrogen (secondary N) is 1. The molecule has 32 heavy (non-hydrogen) atoms. The molecule has 0 saturated carbocycles. The number of nitrogens with zero attached hydrogens (tertiary/aromatic N) is 5. The van der Waals surface area contributed by atoms with Crippen LogP contribution in [0.5, 0.6) is 0 Å². The first-order valence-corrected chi connectivity index (χ1v) is 11.8. The van der Waals surface area contributed by atoms with E-state index < -0.39 is 0 Å². The summed E-state index contributed by atoms with van der Waals surface area (Å²) < 4.78 is 2.32.